The van der Waals surface area contributed by atoms with Crippen LogP contribution in [0.1, 0.15) is 13.8 Å². The molecular weight excluding hydrogens is 274 g/mol. The van der Waals surface area contributed by atoms with E-state index in [0.717, 1.165) is 0 Å². The number of carboxylic acid groups (broad SMARTS) is 1. The second-order valence-corrected chi connectivity index (χ2v) is 4.96. The Labute approximate surface area is 124 Å². The number of hydrogen-bond acceptors (Lipinski definition) is 4. The SMILES string of the molecule is COc1ccc(OCC(=O)NCC(C(=O)O)C(C)C)cc1. The summed E-state index contributed by atoms with van der Waals surface area (Å²) in [5.74, 6) is -0.669. The predicted octanol–water partition coefficient (Wildman–Crippen LogP) is 1.55. The van der Waals surface area contributed by atoms with Gasteiger partial charge in [-0.25, -0.2) is 0 Å². The number of amides is 1. The summed E-state index contributed by atoms with van der Waals surface area (Å²) in [5.41, 5.74) is 0. The molecule has 1 atom stereocenters. The predicted molar refractivity (Wildman–Crippen MR) is 77.5 cm³/mol. The minimum Gasteiger partial charge on any atom is -0.497 e. The lowest BCUT2D eigenvalue weighted by molar-refractivity contribution is -0.143. The number of methoxy groups -OCH3 is 1. The summed E-state index contributed by atoms with van der Waals surface area (Å²) >= 11 is 0. The number of rotatable bonds is 8. The first-order valence-electron chi connectivity index (χ1n) is 6.70. The van der Waals surface area contributed by atoms with Crippen molar-refractivity contribution in [3.63, 3.8) is 0 Å². The zero-order chi connectivity index (χ0) is 15.8. The molecule has 0 bridgehead atoms. The van der Waals surface area contributed by atoms with Gasteiger partial charge in [-0.1, -0.05) is 13.8 Å². The second kappa shape index (κ2) is 8.14. The molecule has 0 saturated heterocycles. The zero-order valence-electron chi connectivity index (χ0n) is 12.5. The van der Waals surface area contributed by atoms with Crippen molar-refractivity contribution in [2.45, 2.75) is 13.8 Å². The van der Waals surface area contributed by atoms with Crippen molar-refractivity contribution in [1.82, 2.24) is 5.32 Å². The average molecular weight is 295 g/mol. The van der Waals surface area contributed by atoms with Crippen LogP contribution in [-0.4, -0.2) is 37.2 Å². The Bertz CT molecular complexity index is 469. The van der Waals surface area contributed by atoms with Crippen LogP contribution in [0.3, 0.4) is 0 Å². The van der Waals surface area contributed by atoms with Crippen molar-refractivity contribution in [3.8, 4) is 11.5 Å². The first-order valence-corrected chi connectivity index (χ1v) is 6.70. The van der Waals surface area contributed by atoms with Crippen molar-refractivity contribution < 1.29 is 24.2 Å². The molecule has 21 heavy (non-hydrogen) atoms. The second-order valence-electron chi connectivity index (χ2n) is 4.96. The van der Waals surface area contributed by atoms with Crippen molar-refractivity contribution in [2.24, 2.45) is 11.8 Å². The van der Waals surface area contributed by atoms with E-state index in [-0.39, 0.29) is 25.0 Å². The molecular formula is C15H21NO5. The van der Waals surface area contributed by atoms with Gasteiger partial charge < -0.3 is 19.9 Å². The van der Waals surface area contributed by atoms with E-state index in [0.29, 0.717) is 11.5 Å². The molecule has 0 heterocycles. The smallest absolute Gasteiger partial charge is 0.308 e. The van der Waals surface area contributed by atoms with E-state index in [2.05, 4.69) is 5.32 Å². The van der Waals surface area contributed by atoms with Gasteiger partial charge in [0.15, 0.2) is 6.61 Å². The van der Waals surface area contributed by atoms with Crippen molar-refractivity contribution >= 4 is 11.9 Å². The molecule has 2 N–H and O–H groups in total. The normalized spacial score (nSPS) is 11.8. The maximum atomic E-state index is 11.6. The van der Waals surface area contributed by atoms with E-state index in [1.54, 1.807) is 45.2 Å². The van der Waals surface area contributed by atoms with Crippen LogP contribution < -0.4 is 14.8 Å². The highest BCUT2D eigenvalue weighted by Crippen LogP contribution is 2.16. The van der Waals surface area contributed by atoms with E-state index >= 15 is 0 Å². The first kappa shape index (κ1) is 16.8. The molecule has 1 unspecified atom stereocenters. The number of carbonyl (C=O) groups is 2. The molecule has 1 rings (SSSR count). The molecule has 0 spiro atoms. The Kier molecular flexibility index (Phi) is 6.52. The highest BCUT2D eigenvalue weighted by molar-refractivity contribution is 5.78. The molecule has 1 amide bonds. The van der Waals surface area contributed by atoms with Crippen LogP contribution >= 0.6 is 0 Å². The minimum atomic E-state index is -0.915. The van der Waals surface area contributed by atoms with Crippen molar-refractivity contribution in [3.05, 3.63) is 24.3 Å². The number of carbonyl (C=O) groups excluding carboxylic acids is 1. The average Bonchev–Trinajstić information content (AvgIpc) is 2.45. The fraction of sp³-hybridized carbons (Fsp3) is 0.467. The zero-order valence-corrected chi connectivity index (χ0v) is 12.5. The summed E-state index contributed by atoms with van der Waals surface area (Å²) in [5, 5.41) is 11.6. The topological polar surface area (TPSA) is 84.9 Å². The van der Waals surface area contributed by atoms with E-state index < -0.39 is 11.9 Å². The van der Waals surface area contributed by atoms with E-state index in [4.69, 9.17) is 14.6 Å². The van der Waals surface area contributed by atoms with Crippen molar-refractivity contribution in [2.75, 3.05) is 20.3 Å². The molecule has 116 valence electrons. The Morgan fingerprint density at radius 1 is 1.19 bits per heavy atom. The fourth-order valence-corrected chi connectivity index (χ4v) is 1.70. The van der Waals surface area contributed by atoms with Crippen LogP contribution in [-0.2, 0) is 9.59 Å². The van der Waals surface area contributed by atoms with Crippen LogP contribution in [0.25, 0.3) is 0 Å². The summed E-state index contributed by atoms with van der Waals surface area (Å²) in [7, 11) is 1.57. The monoisotopic (exact) mass is 295 g/mol. The molecule has 0 aromatic heterocycles. The van der Waals surface area contributed by atoms with Crippen LogP contribution in [0.4, 0.5) is 0 Å². The highest BCUT2D eigenvalue weighted by Gasteiger charge is 2.21. The van der Waals surface area contributed by atoms with Gasteiger partial charge in [0.1, 0.15) is 11.5 Å². The number of nitrogens with one attached hydrogen (secondary N) is 1. The molecule has 1 aromatic carbocycles. The van der Waals surface area contributed by atoms with Gasteiger partial charge in [-0.15, -0.1) is 0 Å². The molecule has 0 fully saturated rings. The summed E-state index contributed by atoms with van der Waals surface area (Å²) in [4.78, 5) is 22.6. The lowest BCUT2D eigenvalue weighted by atomic mass is 9.96. The molecule has 0 aliphatic rings. The lowest BCUT2D eigenvalue weighted by Gasteiger charge is -2.16. The number of aliphatic carboxylic acids is 1. The molecule has 0 aliphatic heterocycles. The number of carboxylic acids is 1. The largest absolute Gasteiger partial charge is 0.497 e. The van der Waals surface area contributed by atoms with Crippen LogP contribution in [0.15, 0.2) is 24.3 Å². The third kappa shape index (κ3) is 5.72. The van der Waals surface area contributed by atoms with Gasteiger partial charge >= 0.3 is 5.97 Å². The summed E-state index contributed by atoms with van der Waals surface area (Å²) in [6.07, 6.45) is 0. The van der Waals surface area contributed by atoms with Crippen LogP contribution in [0, 0.1) is 11.8 Å². The maximum absolute atomic E-state index is 11.6. The summed E-state index contributed by atoms with van der Waals surface area (Å²) in [6.45, 7) is 3.55. The van der Waals surface area contributed by atoms with Gasteiger partial charge in [-0.2, -0.15) is 0 Å². The molecule has 6 heteroatoms. The van der Waals surface area contributed by atoms with E-state index in [1.165, 1.54) is 0 Å². The van der Waals surface area contributed by atoms with Gasteiger partial charge in [-0.05, 0) is 30.2 Å². The maximum Gasteiger partial charge on any atom is 0.308 e. The number of hydrogen-bond donors (Lipinski definition) is 2. The van der Waals surface area contributed by atoms with Gasteiger partial charge in [-0.3, -0.25) is 9.59 Å². The molecule has 0 saturated carbocycles. The van der Waals surface area contributed by atoms with Crippen LogP contribution in [0.2, 0.25) is 0 Å². The lowest BCUT2D eigenvalue weighted by Crippen LogP contribution is -2.37. The van der Waals surface area contributed by atoms with Crippen LogP contribution in [0.5, 0.6) is 11.5 Å². The van der Waals surface area contributed by atoms with E-state index in [1.807, 2.05) is 0 Å². The minimum absolute atomic E-state index is 0.0506. The van der Waals surface area contributed by atoms with E-state index in [9.17, 15) is 9.59 Å². The van der Waals surface area contributed by atoms with Gasteiger partial charge in [0, 0.05) is 6.54 Å². The van der Waals surface area contributed by atoms with Crippen molar-refractivity contribution in [1.29, 1.82) is 0 Å². The summed E-state index contributed by atoms with van der Waals surface area (Å²) in [6, 6.07) is 6.85. The van der Waals surface area contributed by atoms with Gasteiger partial charge in [0.05, 0.1) is 13.0 Å². The van der Waals surface area contributed by atoms with Gasteiger partial charge in [0.2, 0.25) is 0 Å². The Balaban J connectivity index is 2.38. The standard InChI is InChI=1S/C15H21NO5/c1-10(2)13(15(18)19)8-16-14(17)9-21-12-6-4-11(20-3)5-7-12/h4-7,10,13H,8-9H2,1-3H3,(H,16,17)(H,18,19). The number of ether oxygens (including phenoxy) is 2. The molecule has 1 aromatic rings. The molecule has 6 nitrogen and oxygen atoms in total. The third-order valence-electron chi connectivity index (χ3n) is 3.07. The molecule has 0 aliphatic carbocycles. The summed E-state index contributed by atoms with van der Waals surface area (Å²) < 4.78 is 10.3. The Morgan fingerprint density at radius 2 is 1.76 bits per heavy atom. The van der Waals surface area contributed by atoms with Gasteiger partial charge in [0.25, 0.3) is 5.91 Å². The fourth-order valence-electron chi connectivity index (χ4n) is 1.70. The highest BCUT2D eigenvalue weighted by atomic mass is 16.5. The first-order chi connectivity index (χ1) is 9.93. The Hall–Kier alpha value is -2.24. The third-order valence-corrected chi connectivity index (χ3v) is 3.07. The quantitative estimate of drug-likeness (QED) is 0.760. The molecule has 0 radical (unpaired) electrons. The Morgan fingerprint density at radius 3 is 2.24 bits per heavy atom. The number of benzene rings is 1.